The van der Waals surface area contributed by atoms with Crippen LogP contribution in [0, 0.1) is 0 Å². The monoisotopic (exact) mass is 454 g/mol. The van der Waals surface area contributed by atoms with Crippen LogP contribution in [0.1, 0.15) is 22.8 Å². The van der Waals surface area contributed by atoms with E-state index in [9.17, 15) is 9.59 Å². The normalized spacial score (nSPS) is 12.4. The Bertz CT molecular complexity index is 1310. The third-order valence-electron chi connectivity index (χ3n) is 5.29. The second kappa shape index (κ2) is 9.16. The molecular weight excluding hydrogens is 432 g/mol. The first-order valence-corrected chi connectivity index (χ1v) is 11.4. The lowest BCUT2D eigenvalue weighted by Crippen LogP contribution is -2.39. The van der Waals surface area contributed by atoms with Crippen LogP contribution in [0.25, 0.3) is 11.2 Å². The van der Waals surface area contributed by atoms with Crippen molar-refractivity contribution in [3.63, 3.8) is 0 Å². The average molecular weight is 455 g/mol. The number of fused-ring (bicyclic) bond motifs is 1. The Morgan fingerprint density at radius 2 is 1.68 bits per heavy atom. The summed E-state index contributed by atoms with van der Waals surface area (Å²) in [6, 6.07) is 18.2. The van der Waals surface area contributed by atoms with E-state index in [2.05, 4.69) is 17.1 Å². The molecule has 0 N–H and O–H groups in total. The highest BCUT2D eigenvalue weighted by Crippen LogP contribution is 2.36. The minimum Gasteiger partial charge on any atom is -0.328 e. The average Bonchev–Trinajstić information content (AvgIpc) is 3.17. The van der Waals surface area contributed by atoms with Gasteiger partial charge in [-0.25, -0.2) is 9.78 Å². The summed E-state index contributed by atoms with van der Waals surface area (Å²) in [6.07, 6.45) is 2.25. The van der Waals surface area contributed by atoms with Gasteiger partial charge in [0.25, 0.3) is 5.56 Å². The highest BCUT2D eigenvalue weighted by atomic mass is 35.5. The number of nitrogens with zero attached hydrogens (tertiary/aromatic N) is 4. The van der Waals surface area contributed by atoms with Crippen LogP contribution in [0.15, 0.2) is 70.5 Å². The molecule has 0 spiro atoms. The Morgan fingerprint density at radius 3 is 2.39 bits per heavy atom. The van der Waals surface area contributed by atoms with Gasteiger partial charge in [0.2, 0.25) is 0 Å². The van der Waals surface area contributed by atoms with E-state index in [-0.39, 0.29) is 16.5 Å². The van der Waals surface area contributed by atoms with Crippen LogP contribution in [-0.4, -0.2) is 24.4 Å². The van der Waals surface area contributed by atoms with Gasteiger partial charge in [-0.1, -0.05) is 54.1 Å². The first-order valence-electron chi connectivity index (χ1n) is 10.00. The molecular formula is C23H23ClN4O2S. The van der Waals surface area contributed by atoms with Crippen molar-refractivity contribution in [3.8, 4) is 0 Å². The molecule has 2 aromatic carbocycles. The van der Waals surface area contributed by atoms with Crippen LogP contribution >= 0.6 is 23.4 Å². The van der Waals surface area contributed by atoms with Gasteiger partial charge in [-0.05, 0) is 35.4 Å². The maximum atomic E-state index is 12.9. The number of imidazole rings is 1. The zero-order valence-corrected chi connectivity index (χ0v) is 18.9. The molecule has 1 atom stereocenters. The standard InChI is InChI=1S/C23H23ClN4O2S/c1-26-15-25-21-19(26)22(29)28(23(30)27(21)2)13-6-14-31-20(16-7-4-3-5-8-16)17-9-11-18(24)12-10-17/h3-5,7-12,15,20H,6,13-14H2,1-2H3. The molecule has 0 radical (unpaired) electrons. The van der Waals surface area contributed by atoms with Crippen LogP contribution in [0.3, 0.4) is 0 Å². The Morgan fingerprint density at radius 1 is 1.00 bits per heavy atom. The molecule has 4 rings (SSSR count). The molecule has 2 aromatic heterocycles. The zero-order chi connectivity index (χ0) is 22.0. The summed E-state index contributed by atoms with van der Waals surface area (Å²) in [5.41, 5.74) is 2.61. The summed E-state index contributed by atoms with van der Waals surface area (Å²) < 4.78 is 4.41. The predicted octanol–water partition coefficient (Wildman–Crippen LogP) is 4.00. The van der Waals surface area contributed by atoms with E-state index >= 15 is 0 Å². The minimum atomic E-state index is -0.335. The fourth-order valence-corrected chi connectivity index (χ4v) is 5.02. The zero-order valence-electron chi connectivity index (χ0n) is 17.4. The predicted molar refractivity (Wildman–Crippen MR) is 127 cm³/mol. The topological polar surface area (TPSA) is 61.8 Å². The summed E-state index contributed by atoms with van der Waals surface area (Å²) in [4.78, 5) is 29.7. The Kier molecular flexibility index (Phi) is 6.34. The molecule has 0 bridgehead atoms. The van der Waals surface area contributed by atoms with E-state index < -0.39 is 0 Å². The molecule has 0 aliphatic heterocycles. The van der Waals surface area contributed by atoms with Crippen molar-refractivity contribution in [2.75, 3.05) is 5.75 Å². The van der Waals surface area contributed by atoms with Crippen molar-refractivity contribution in [3.05, 3.63) is 97.9 Å². The Balaban J connectivity index is 1.52. The molecule has 4 aromatic rings. The lowest BCUT2D eigenvalue weighted by atomic mass is 10.0. The van der Waals surface area contributed by atoms with Crippen molar-refractivity contribution in [1.82, 2.24) is 18.7 Å². The number of thioether (sulfide) groups is 1. The summed E-state index contributed by atoms with van der Waals surface area (Å²) in [5.74, 6) is 0.793. The molecule has 6 nitrogen and oxygen atoms in total. The first-order chi connectivity index (χ1) is 15.0. The van der Waals surface area contributed by atoms with Gasteiger partial charge in [-0.15, -0.1) is 11.8 Å². The second-order valence-electron chi connectivity index (χ2n) is 7.39. The largest absolute Gasteiger partial charge is 0.332 e. The quantitative estimate of drug-likeness (QED) is 0.396. The highest BCUT2D eigenvalue weighted by Gasteiger charge is 2.17. The van der Waals surface area contributed by atoms with Crippen molar-refractivity contribution in [1.29, 1.82) is 0 Å². The van der Waals surface area contributed by atoms with Crippen molar-refractivity contribution >= 4 is 34.5 Å². The van der Waals surface area contributed by atoms with Gasteiger partial charge >= 0.3 is 5.69 Å². The van der Waals surface area contributed by atoms with E-state index in [4.69, 9.17) is 11.6 Å². The van der Waals surface area contributed by atoms with E-state index in [1.165, 1.54) is 20.3 Å². The molecule has 0 saturated heterocycles. The smallest absolute Gasteiger partial charge is 0.328 e. The molecule has 0 amide bonds. The van der Waals surface area contributed by atoms with Crippen molar-refractivity contribution in [2.45, 2.75) is 18.2 Å². The number of aryl methyl sites for hydroxylation is 2. The maximum Gasteiger partial charge on any atom is 0.332 e. The minimum absolute atomic E-state index is 0.151. The number of hydrogen-bond acceptors (Lipinski definition) is 4. The van der Waals surface area contributed by atoms with Crippen LogP contribution in [0.5, 0.6) is 0 Å². The molecule has 160 valence electrons. The van der Waals surface area contributed by atoms with Gasteiger partial charge in [0.05, 0.1) is 11.6 Å². The third-order valence-corrected chi connectivity index (χ3v) is 6.94. The van der Waals surface area contributed by atoms with E-state index in [1.807, 2.05) is 42.5 Å². The van der Waals surface area contributed by atoms with Crippen molar-refractivity contribution < 1.29 is 0 Å². The maximum absolute atomic E-state index is 12.9. The molecule has 0 fully saturated rings. The van der Waals surface area contributed by atoms with E-state index in [0.29, 0.717) is 29.2 Å². The number of aromatic nitrogens is 4. The first kappa shape index (κ1) is 21.5. The molecule has 1 unspecified atom stereocenters. The number of benzene rings is 2. The summed E-state index contributed by atoms with van der Waals surface area (Å²) in [7, 11) is 3.41. The third kappa shape index (κ3) is 4.34. The van der Waals surface area contributed by atoms with Crippen LogP contribution in [0.4, 0.5) is 0 Å². The van der Waals surface area contributed by atoms with Gasteiger partial charge < -0.3 is 4.57 Å². The molecule has 2 heterocycles. The number of rotatable bonds is 7. The molecule has 0 aliphatic carbocycles. The molecule has 8 heteroatoms. The van der Waals surface area contributed by atoms with E-state index in [0.717, 1.165) is 5.75 Å². The molecule has 0 aliphatic rings. The number of halogens is 1. The van der Waals surface area contributed by atoms with Gasteiger partial charge in [0.15, 0.2) is 11.2 Å². The van der Waals surface area contributed by atoms with Crippen LogP contribution in [-0.2, 0) is 20.6 Å². The van der Waals surface area contributed by atoms with Gasteiger partial charge in [0, 0.05) is 25.7 Å². The summed E-state index contributed by atoms with van der Waals surface area (Å²) in [5, 5.41) is 0.860. The number of hydrogen-bond donors (Lipinski definition) is 0. The van der Waals surface area contributed by atoms with E-state index in [1.54, 1.807) is 36.8 Å². The lowest BCUT2D eigenvalue weighted by molar-refractivity contribution is 0.594. The van der Waals surface area contributed by atoms with Crippen molar-refractivity contribution in [2.24, 2.45) is 14.1 Å². The summed E-state index contributed by atoms with van der Waals surface area (Å²) in [6.45, 7) is 0.363. The second-order valence-corrected chi connectivity index (χ2v) is 9.04. The van der Waals surface area contributed by atoms with Crippen LogP contribution in [0.2, 0.25) is 5.02 Å². The Hall–Kier alpha value is -2.77. The van der Waals surface area contributed by atoms with Gasteiger partial charge in [-0.2, -0.15) is 0 Å². The van der Waals surface area contributed by atoms with Crippen LogP contribution < -0.4 is 11.2 Å². The fourth-order valence-electron chi connectivity index (χ4n) is 3.67. The van der Waals surface area contributed by atoms with Gasteiger partial charge in [0.1, 0.15) is 0 Å². The summed E-state index contributed by atoms with van der Waals surface area (Å²) >= 11 is 7.86. The SMILES string of the molecule is Cn1cnc2c1c(=O)n(CCCSC(c1ccccc1)c1ccc(Cl)cc1)c(=O)n2C. The lowest BCUT2D eigenvalue weighted by Gasteiger charge is -2.18. The molecule has 0 saturated carbocycles. The molecule has 31 heavy (non-hydrogen) atoms. The highest BCUT2D eigenvalue weighted by molar-refractivity contribution is 7.99. The Labute approximate surface area is 189 Å². The fraction of sp³-hybridized carbons (Fsp3) is 0.261. The van der Waals surface area contributed by atoms with Gasteiger partial charge in [-0.3, -0.25) is 13.9 Å².